The lowest BCUT2D eigenvalue weighted by molar-refractivity contribution is 0.129. The maximum Gasteiger partial charge on any atom is 0.155 e. The van der Waals surface area contributed by atoms with Crippen LogP contribution in [0.1, 0.15) is 38.1 Å². The summed E-state index contributed by atoms with van der Waals surface area (Å²) >= 11 is 0. The average Bonchev–Trinajstić information content (AvgIpc) is 2.63. The van der Waals surface area contributed by atoms with Gasteiger partial charge in [0.15, 0.2) is 5.82 Å². The van der Waals surface area contributed by atoms with Crippen LogP contribution in [0.4, 0.5) is 0 Å². The number of hydrogen-bond acceptors (Lipinski definition) is 3. The Labute approximate surface area is 77.6 Å². The highest BCUT2D eigenvalue weighted by Gasteiger charge is 2.39. The van der Waals surface area contributed by atoms with Crippen LogP contribution >= 0.6 is 0 Å². The van der Waals surface area contributed by atoms with Gasteiger partial charge in [-0.25, -0.2) is 4.98 Å². The number of rotatable bonds is 3. The van der Waals surface area contributed by atoms with E-state index in [1.165, 1.54) is 19.2 Å². The molecule has 4 heteroatoms. The molecular weight excluding hydrogens is 166 g/mol. The number of aryl methyl sites for hydroxylation is 1. The van der Waals surface area contributed by atoms with Crippen molar-refractivity contribution in [2.75, 3.05) is 0 Å². The summed E-state index contributed by atoms with van der Waals surface area (Å²) in [7, 11) is 1.81. The maximum absolute atomic E-state index is 9.84. The third-order valence-corrected chi connectivity index (χ3v) is 2.83. The largest absolute Gasteiger partial charge is 0.385 e. The van der Waals surface area contributed by atoms with Gasteiger partial charge in [-0.05, 0) is 24.7 Å². The standard InChI is InChI=1S/C9H15N3O/c1-9(3-4-9)5-7(13)8-10-6-11-12(8)2/h6-7,13H,3-5H2,1-2H3. The molecular formula is C9H15N3O. The van der Waals surface area contributed by atoms with E-state index in [4.69, 9.17) is 0 Å². The summed E-state index contributed by atoms with van der Waals surface area (Å²) in [6.45, 7) is 2.20. The SMILES string of the molecule is Cn1ncnc1C(O)CC1(C)CC1. The molecule has 1 N–H and O–H groups in total. The van der Waals surface area contributed by atoms with Crippen molar-refractivity contribution >= 4 is 0 Å². The van der Waals surface area contributed by atoms with Crippen LogP contribution in [-0.4, -0.2) is 19.9 Å². The summed E-state index contributed by atoms with van der Waals surface area (Å²) in [6.07, 6.45) is 4.27. The Kier molecular flexibility index (Phi) is 1.87. The fourth-order valence-electron chi connectivity index (χ4n) is 1.58. The third-order valence-electron chi connectivity index (χ3n) is 2.83. The lowest BCUT2D eigenvalue weighted by Gasteiger charge is -2.13. The first-order chi connectivity index (χ1) is 6.11. The van der Waals surface area contributed by atoms with Crippen LogP contribution < -0.4 is 0 Å². The summed E-state index contributed by atoms with van der Waals surface area (Å²) in [4.78, 5) is 4.03. The molecule has 0 amide bonds. The predicted octanol–water partition coefficient (Wildman–Crippen LogP) is 1.04. The lowest BCUT2D eigenvalue weighted by Crippen LogP contribution is -2.10. The smallest absolute Gasteiger partial charge is 0.155 e. The van der Waals surface area contributed by atoms with Crippen molar-refractivity contribution in [3.63, 3.8) is 0 Å². The molecule has 1 aromatic rings. The Morgan fingerprint density at radius 3 is 2.85 bits per heavy atom. The molecule has 1 aromatic heterocycles. The molecule has 1 saturated carbocycles. The molecule has 13 heavy (non-hydrogen) atoms. The summed E-state index contributed by atoms with van der Waals surface area (Å²) in [5, 5.41) is 13.8. The van der Waals surface area contributed by atoms with Gasteiger partial charge in [0, 0.05) is 7.05 Å². The molecule has 2 rings (SSSR count). The van der Waals surface area contributed by atoms with Crippen molar-refractivity contribution in [2.24, 2.45) is 12.5 Å². The van der Waals surface area contributed by atoms with Crippen molar-refractivity contribution < 1.29 is 5.11 Å². The van der Waals surface area contributed by atoms with Crippen molar-refractivity contribution in [2.45, 2.75) is 32.3 Å². The van der Waals surface area contributed by atoms with E-state index in [1.54, 1.807) is 11.7 Å². The van der Waals surface area contributed by atoms with Crippen LogP contribution in [0.3, 0.4) is 0 Å². The third kappa shape index (κ3) is 1.72. The number of nitrogens with zero attached hydrogens (tertiary/aromatic N) is 3. The number of hydrogen-bond donors (Lipinski definition) is 1. The quantitative estimate of drug-likeness (QED) is 0.758. The van der Waals surface area contributed by atoms with E-state index >= 15 is 0 Å². The second-order valence-corrected chi connectivity index (χ2v) is 4.27. The molecule has 1 unspecified atom stereocenters. The first-order valence-electron chi connectivity index (χ1n) is 4.63. The second-order valence-electron chi connectivity index (χ2n) is 4.27. The first-order valence-corrected chi connectivity index (χ1v) is 4.63. The zero-order valence-corrected chi connectivity index (χ0v) is 8.06. The minimum Gasteiger partial charge on any atom is -0.385 e. The molecule has 0 spiro atoms. The molecule has 0 bridgehead atoms. The van der Waals surface area contributed by atoms with Crippen LogP contribution in [0, 0.1) is 5.41 Å². The van der Waals surface area contributed by atoms with Crippen molar-refractivity contribution in [3.8, 4) is 0 Å². The molecule has 1 fully saturated rings. The van der Waals surface area contributed by atoms with Crippen LogP contribution in [-0.2, 0) is 7.05 Å². The van der Waals surface area contributed by atoms with Gasteiger partial charge < -0.3 is 5.11 Å². The second kappa shape index (κ2) is 2.80. The fourth-order valence-corrected chi connectivity index (χ4v) is 1.58. The van der Waals surface area contributed by atoms with E-state index in [0.29, 0.717) is 11.2 Å². The van der Waals surface area contributed by atoms with Crippen LogP contribution in [0.25, 0.3) is 0 Å². The van der Waals surface area contributed by atoms with Crippen molar-refractivity contribution in [3.05, 3.63) is 12.2 Å². The van der Waals surface area contributed by atoms with Crippen LogP contribution in [0.2, 0.25) is 0 Å². The van der Waals surface area contributed by atoms with E-state index < -0.39 is 6.10 Å². The van der Waals surface area contributed by atoms with E-state index in [0.717, 1.165) is 6.42 Å². The Bertz CT molecular complexity index is 304. The topological polar surface area (TPSA) is 50.9 Å². The predicted molar refractivity (Wildman–Crippen MR) is 47.9 cm³/mol. The van der Waals surface area contributed by atoms with Crippen LogP contribution in [0.15, 0.2) is 6.33 Å². The van der Waals surface area contributed by atoms with Gasteiger partial charge in [-0.15, -0.1) is 0 Å². The highest BCUT2D eigenvalue weighted by molar-refractivity contribution is 4.97. The van der Waals surface area contributed by atoms with Crippen LogP contribution in [0.5, 0.6) is 0 Å². The molecule has 1 aliphatic carbocycles. The summed E-state index contributed by atoms with van der Waals surface area (Å²) in [5.74, 6) is 0.674. The van der Waals surface area contributed by atoms with Gasteiger partial charge in [0.2, 0.25) is 0 Å². The Balaban J connectivity index is 2.05. The average molecular weight is 181 g/mol. The van der Waals surface area contributed by atoms with Gasteiger partial charge in [-0.1, -0.05) is 6.92 Å². The van der Waals surface area contributed by atoms with Gasteiger partial charge in [-0.3, -0.25) is 4.68 Å². The van der Waals surface area contributed by atoms with Crippen molar-refractivity contribution in [1.82, 2.24) is 14.8 Å². The number of aliphatic hydroxyl groups is 1. The van der Waals surface area contributed by atoms with Gasteiger partial charge in [0.25, 0.3) is 0 Å². The first kappa shape index (κ1) is 8.69. The number of aliphatic hydroxyl groups excluding tert-OH is 1. The van der Waals surface area contributed by atoms with E-state index in [2.05, 4.69) is 17.0 Å². The molecule has 72 valence electrons. The fraction of sp³-hybridized carbons (Fsp3) is 0.778. The Morgan fingerprint density at radius 2 is 2.38 bits per heavy atom. The Morgan fingerprint density at radius 1 is 1.69 bits per heavy atom. The monoisotopic (exact) mass is 181 g/mol. The van der Waals surface area contributed by atoms with Crippen molar-refractivity contribution in [1.29, 1.82) is 0 Å². The lowest BCUT2D eigenvalue weighted by atomic mass is 10.0. The summed E-state index contributed by atoms with van der Waals surface area (Å²) < 4.78 is 1.64. The van der Waals surface area contributed by atoms with Gasteiger partial charge in [0.1, 0.15) is 12.4 Å². The van der Waals surface area contributed by atoms with Gasteiger partial charge in [-0.2, -0.15) is 5.10 Å². The number of aromatic nitrogens is 3. The minimum atomic E-state index is -0.458. The van der Waals surface area contributed by atoms with E-state index in [1.807, 2.05) is 0 Å². The maximum atomic E-state index is 9.84. The van der Waals surface area contributed by atoms with E-state index in [-0.39, 0.29) is 0 Å². The molecule has 0 aliphatic heterocycles. The molecule has 1 aliphatic rings. The highest BCUT2D eigenvalue weighted by atomic mass is 16.3. The Hall–Kier alpha value is -0.900. The molecule has 1 heterocycles. The van der Waals surface area contributed by atoms with Gasteiger partial charge >= 0.3 is 0 Å². The highest BCUT2D eigenvalue weighted by Crippen LogP contribution is 2.50. The molecule has 0 radical (unpaired) electrons. The molecule has 1 atom stereocenters. The minimum absolute atomic E-state index is 0.353. The van der Waals surface area contributed by atoms with E-state index in [9.17, 15) is 5.11 Å². The normalized spacial score (nSPS) is 21.5. The summed E-state index contributed by atoms with van der Waals surface area (Å²) in [5.41, 5.74) is 0.353. The molecule has 0 saturated heterocycles. The zero-order valence-electron chi connectivity index (χ0n) is 8.06. The summed E-state index contributed by atoms with van der Waals surface area (Å²) in [6, 6.07) is 0. The molecule has 0 aromatic carbocycles. The van der Waals surface area contributed by atoms with Gasteiger partial charge in [0.05, 0.1) is 0 Å². The molecule has 4 nitrogen and oxygen atoms in total. The zero-order chi connectivity index (χ0) is 9.47.